The highest BCUT2D eigenvalue weighted by Gasteiger charge is 2.62. The van der Waals surface area contributed by atoms with Gasteiger partial charge in [-0.25, -0.2) is 0 Å². The van der Waals surface area contributed by atoms with Gasteiger partial charge in [-0.05, 0) is 123 Å². The minimum Gasteiger partial charge on any atom is -0.481 e. The predicted molar refractivity (Wildman–Crippen MR) is 199 cm³/mol. The lowest BCUT2D eigenvalue weighted by atomic mass is 9.45. The van der Waals surface area contributed by atoms with Crippen molar-refractivity contribution in [2.75, 3.05) is 0 Å². The Hall–Kier alpha value is -1.09. The van der Waals surface area contributed by atoms with Crippen LogP contribution < -0.4 is 0 Å². The van der Waals surface area contributed by atoms with E-state index in [-0.39, 0.29) is 11.5 Å². The third kappa shape index (κ3) is 9.79. The highest BCUT2D eigenvalue weighted by atomic mass is 16.4. The number of hydrogen-bond donors (Lipinski definition) is 2. The summed E-state index contributed by atoms with van der Waals surface area (Å²) >= 11 is 0. The molecule has 3 saturated carbocycles. The first kappa shape index (κ1) is 38.7. The van der Waals surface area contributed by atoms with Crippen molar-refractivity contribution >= 4 is 5.97 Å². The molecule has 4 aliphatic rings. The van der Waals surface area contributed by atoms with Crippen molar-refractivity contribution in [2.45, 2.75) is 195 Å². The van der Waals surface area contributed by atoms with Crippen LogP contribution in [0.15, 0.2) is 23.8 Å². The Morgan fingerprint density at radius 3 is 2.02 bits per heavy atom. The van der Waals surface area contributed by atoms with E-state index in [2.05, 4.69) is 47.3 Å². The highest BCUT2D eigenvalue weighted by molar-refractivity contribution is 5.66. The Labute approximate surface area is 291 Å². The molecule has 0 aromatic rings. The molecule has 0 spiro atoms. The minimum atomic E-state index is -0.655. The van der Waals surface area contributed by atoms with E-state index in [1.807, 2.05) is 0 Å². The molecule has 0 bridgehead atoms. The third-order valence-corrected chi connectivity index (χ3v) is 14.8. The number of aliphatic carboxylic acids is 1. The zero-order valence-electron chi connectivity index (χ0n) is 31.7. The molecule has 3 heteroatoms. The van der Waals surface area contributed by atoms with Crippen molar-refractivity contribution in [1.82, 2.24) is 0 Å². The predicted octanol–water partition coefficient (Wildman–Crippen LogP) is 12.7. The van der Waals surface area contributed by atoms with Crippen LogP contribution in [0.4, 0.5) is 0 Å². The number of allylic oxidation sites excluding steroid dienone is 3. The zero-order valence-corrected chi connectivity index (χ0v) is 31.7. The van der Waals surface area contributed by atoms with Crippen LogP contribution in [-0.4, -0.2) is 22.3 Å². The maximum atomic E-state index is 12.0. The van der Waals surface area contributed by atoms with E-state index in [1.54, 1.807) is 5.57 Å². The number of fused-ring (bicyclic) bond motifs is 5. The molecule has 0 saturated heterocycles. The Bertz CT molecular complexity index is 1010. The monoisotopic (exact) mass is 653 g/mol. The van der Waals surface area contributed by atoms with Crippen LogP contribution in [0.1, 0.15) is 189 Å². The van der Waals surface area contributed by atoms with Gasteiger partial charge in [-0.15, -0.1) is 0 Å². The smallest absolute Gasteiger partial charge is 0.303 e. The normalized spacial score (nSPS) is 34.0. The molecule has 4 rings (SSSR count). The second-order valence-electron chi connectivity index (χ2n) is 18.0. The summed E-state index contributed by atoms with van der Waals surface area (Å²) in [4.78, 5) is 10.6. The Morgan fingerprint density at radius 1 is 0.830 bits per heavy atom. The molecule has 0 aromatic carbocycles. The fourth-order valence-electron chi connectivity index (χ4n) is 11.5. The summed E-state index contributed by atoms with van der Waals surface area (Å²) in [7, 11) is 0. The fraction of sp³-hybridized carbons (Fsp3) is 0.886. The molecule has 3 nitrogen and oxygen atoms in total. The first-order valence-corrected chi connectivity index (χ1v) is 20.8. The van der Waals surface area contributed by atoms with Gasteiger partial charge in [0.15, 0.2) is 0 Å². The minimum absolute atomic E-state index is 0.0973. The summed E-state index contributed by atoms with van der Waals surface area (Å²) in [5, 5.41) is 20.7. The van der Waals surface area contributed by atoms with Crippen LogP contribution in [0, 0.1) is 52.3 Å². The van der Waals surface area contributed by atoms with Gasteiger partial charge < -0.3 is 10.2 Å². The number of carboxylic acids is 1. The quantitative estimate of drug-likeness (QED) is 0.0958. The average molecular weight is 653 g/mol. The molecule has 1 unspecified atom stereocenters. The molecule has 0 aromatic heterocycles. The van der Waals surface area contributed by atoms with Crippen LogP contribution in [0.25, 0.3) is 0 Å². The van der Waals surface area contributed by atoms with Gasteiger partial charge in [0, 0.05) is 6.42 Å². The van der Waals surface area contributed by atoms with E-state index >= 15 is 0 Å². The first-order chi connectivity index (χ1) is 22.5. The summed E-state index contributed by atoms with van der Waals surface area (Å²) in [6.45, 7) is 16.5. The lowest BCUT2D eigenvalue weighted by Crippen LogP contribution is -2.56. The number of aliphatic hydroxyl groups excluding tert-OH is 1. The zero-order chi connectivity index (χ0) is 34.0. The SMILES string of the molecule is C=C(CC[C@@H](C)[C@H]1CC[C@H]2[C@@H]3CCC4=CC(CCCCCCCCCCCCCCCC(=O)O)CC[C@]4(C)[C@H]3C[C@@H](O)[C@]12C)C(C)C. The largest absolute Gasteiger partial charge is 0.481 e. The molecule has 9 atom stereocenters. The number of aliphatic hydroxyl groups is 1. The van der Waals surface area contributed by atoms with Crippen LogP contribution in [0.2, 0.25) is 0 Å². The van der Waals surface area contributed by atoms with Gasteiger partial charge in [-0.2, -0.15) is 0 Å². The van der Waals surface area contributed by atoms with Crippen LogP contribution in [-0.2, 0) is 4.79 Å². The van der Waals surface area contributed by atoms with Gasteiger partial charge in [-0.3, -0.25) is 4.79 Å². The van der Waals surface area contributed by atoms with Gasteiger partial charge in [-0.1, -0.05) is 135 Å². The van der Waals surface area contributed by atoms with Gasteiger partial charge >= 0.3 is 5.97 Å². The third-order valence-electron chi connectivity index (χ3n) is 14.8. The Kier molecular flexibility index (Phi) is 15.0. The second kappa shape index (κ2) is 18.2. The van der Waals surface area contributed by atoms with Gasteiger partial charge in [0.05, 0.1) is 6.10 Å². The molecule has 0 amide bonds. The van der Waals surface area contributed by atoms with Gasteiger partial charge in [0.25, 0.3) is 0 Å². The van der Waals surface area contributed by atoms with Crippen molar-refractivity contribution in [2.24, 2.45) is 52.3 Å². The summed E-state index contributed by atoms with van der Waals surface area (Å²) in [5.41, 5.74) is 3.59. The molecule has 4 aliphatic carbocycles. The molecular formula is C44H76O3. The van der Waals surface area contributed by atoms with E-state index in [4.69, 9.17) is 5.11 Å². The summed E-state index contributed by atoms with van der Waals surface area (Å²) < 4.78 is 0. The number of hydrogen-bond acceptors (Lipinski definition) is 2. The number of unbranched alkanes of at least 4 members (excludes halogenated alkanes) is 12. The van der Waals surface area contributed by atoms with Gasteiger partial charge in [0.2, 0.25) is 0 Å². The Balaban J connectivity index is 1.14. The number of carboxylic acid groups (broad SMARTS) is 1. The van der Waals surface area contributed by atoms with E-state index in [9.17, 15) is 9.90 Å². The standard InChI is InChI=1S/C44H76O3/c1-32(2)33(3)22-23-34(4)38-26-27-39-37-25-24-36-30-35(28-29-43(36,5)40(37)31-41(45)44(38,39)6)20-18-16-14-12-10-8-7-9-11-13-15-17-19-21-42(46)47/h30,32,34-35,37-41,45H,3,7-29,31H2,1-2,4-6H3,(H,46,47)/t34-,35?,37+,38-,39+,40+,41-,43+,44-/m1/s1. The molecule has 0 radical (unpaired) electrons. The summed E-state index contributed by atoms with van der Waals surface area (Å²) in [5.74, 6) is 4.22. The van der Waals surface area contributed by atoms with Crippen molar-refractivity contribution in [3.8, 4) is 0 Å². The molecule has 0 aliphatic heterocycles. The topological polar surface area (TPSA) is 57.5 Å². The van der Waals surface area contributed by atoms with Crippen molar-refractivity contribution in [1.29, 1.82) is 0 Å². The van der Waals surface area contributed by atoms with Crippen molar-refractivity contribution in [3.05, 3.63) is 23.8 Å². The van der Waals surface area contributed by atoms with E-state index in [1.165, 1.54) is 128 Å². The number of rotatable bonds is 21. The molecule has 0 heterocycles. The lowest BCUT2D eigenvalue weighted by Gasteiger charge is -2.60. The maximum absolute atomic E-state index is 12.0. The van der Waals surface area contributed by atoms with Crippen LogP contribution in [0.3, 0.4) is 0 Å². The maximum Gasteiger partial charge on any atom is 0.303 e. The van der Waals surface area contributed by atoms with Crippen LogP contribution >= 0.6 is 0 Å². The molecular weight excluding hydrogens is 576 g/mol. The number of carbonyl (C=O) groups is 1. The van der Waals surface area contributed by atoms with Crippen molar-refractivity contribution in [3.63, 3.8) is 0 Å². The van der Waals surface area contributed by atoms with E-state index < -0.39 is 5.97 Å². The second-order valence-corrected chi connectivity index (χ2v) is 18.0. The summed E-state index contributed by atoms with van der Waals surface area (Å²) in [6.07, 6.45) is 32.6. The summed E-state index contributed by atoms with van der Waals surface area (Å²) in [6, 6.07) is 0. The van der Waals surface area contributed by atoms with Gasteiger partial charge in [0.1, 0.15) is 0 Å². The first-order valence-electron chi connectivity index (χ1n) is 20.8. The molecule has 270 valence electrons. The molecule has 3 fully saturated rings. The average Bonchev–Trinajstić information content (AvgIpc) is 3.40. The molecule has 47 heavy (non-hydrogen) atoms. The van der Waals surface area contributed by atoms with Crippen LogP contribution in [0.5, 0.6) is 0 Å². The highest BCUT2D eigenvalue weighted by Crippen LogP contribution is 2.68. The van der Waals surface area contributed by atoms with E-state index in [0.717, 1.165) is 37.5 Å². The fourth-order valence-corrected chi connectivity index (χ4v) is 11.5. The van der Waals surface area contributed by atoms with E-state index in [0.29, 0.717) is 41.4 Å². The van der Waals surface area contributed by atoms with Crippen molar-refractivity contribution < 1.29 is 15.0 Å². The lowest BCUT2D eigenvalue weighted by molar-refractivity contribution is -0.140. The molecule has 2 N–H and O–H groups in total. The Morgan fingerprint density at radius 2 is 1.43 bits per heavy atom.